The molecule has 1 aromatic rings. The lowest BCUT2D eigenvalue weighted by atomic mass is 10.2. The van der Waals surface area contributed by atoms with Crippen LogP contribution in [-0.4, -0.2) is 12.8 Å². The van der Waals surface area contributed by atoms with Crippen molar-refractivity contribution < 1.29 is 4.39 Å². The summed E-state index contributed by atoms with van der Waals surface area (Å²) in [5, 5.41) is 0. The molecule has 1 atom stereocenters. The normalized spacial score (nSPS) is 22.3. The molecule has 0 aromatic heterocycles. The quantitative estimate of drug-likeness (QED) is 0.597. The van der Waals surface area contributed by atoms with Crippen molar-refractivity contribution in [3.63, 3.8) is 0 Å². The average Bonchev–Trinajstić information content (AvgIpc) is 2.52. The van der Waals surface area contributed by atoms with E-state index in [2.05, 4.69) is 6.07 Å². The van der Waals surface area contributed by atoms with Crippen LogP contribution in [0.5, 0.6) is 0 Å². The molecule has 1 heterocycles. The number of alkyl halides is 1. The third-order valence-electron chi connectivity index (χ3n) is 2.52. The largest absolute Gasteiger partial charge is 0.342 e. The number of hydrogen-bond donors (Lipinski definition) is 0. The molecule has 2 heteroatoms. The highest BCUT2D eigenvalue weighted by molar-refractivity contribution is 5.53. The maximum Gasteiger partial charge on any atom is 0.172 e. The summed E-state index contributed by atoms with van der Waals surface area (Å²) in [4.78, 5) is 1.83. The zero-order valence-corrected chi connectivity index (χ0v) is 7.76. The van der Waals surface area contributed by atoms with E-state index in [0.29, 0.717) is 6.42 Å². The Hall–Kier alpha value is -1.05. The molecule has 1 nitrogen and oxygen atoms in total. The fraction of sp³-hybridized carbons (Fsp3) is 0.455. The van der Waals surface area contributed by atoms with Gasteiger partial charge in [-0.1, -0.05) is 12.1 Å². The van der Waals surface area contributed by atoms with Crippen molar-refractivity contribution >= 4 is 5.69 Å². The van der Waals surface area contributed by atoms with Gasteiger partial charge in [-0.25, -0.2) is 4.39 Å². The number of aryl methyl sites for hydroxylation is 1. The highest BCUT2D eigenvalue weighted by atomic mass is 19.1. The van der Waals surface area contributed by atoms with E-state index < -0.39 is 6.30 Å². The lowest BCUT2D eigenvalue weighted by molar-refractivity contribution is 0.345. The Morgan fingerprint density at radius 2 is 2.46 bits per heavy atom. The van der Waals surface area contributed by atoms with Crippen LogP contribution in [0.25, 0.3) is 0 Å². The van der Waals surface area contributed by atoms with Crippen LogP contribution < -0.4 is 4.90 Å². The van der Waals surface area contributed by atoms with E-state index in [9.17, 15) is 4.39 Å². The zero-order chi connectivity index (χ0) is 9.26. The van der Waals surface area contributed by atoms with Gasteiger partial charge in [-0.05, 0) is 37.5 Å². The van der Waals surface area contributed by atoms with E-state index >= 15 is 0 Å². The third kappa shape index (κ3) is 1.53. The molecule has 1 aromatic carbocycles. The highest BCUT2D eigenvalue weighted by Crippen LogP contribution is 2.28. The molecule has 13 heavy (non-hydrogen) atoms. The minimum Gasteiger partial charge on any atom is -0.342 e. The Morgan fingerprint density at radius 1 is 1.62 bits per heavy atom. The SMILES string of the molecule is Cc1[c]cccc1N1CCCC1F. The smallest absolute Gasteiger partial charge is 0.172 e. The first-order valence-corrected chi connectivity index (χ1v) is 4.67. The van der Waals surface area contributed by atoms with Crippen molar-refractivity contribution in [3.05, 3.63) is 29.8 Å². The van der Waals surface area contributed by atoms with Gasteiger partial charge in [-0.2, -0.15) is 0 Å². The van der Waals surface area contributed by atoms with Gasteiger partial charge in [0, 0.05) is 12.2 Å². The maximum absolute atomic E-state index is 13.4. The van der Waals surface area contributed by atoms with E-state index in [0.717, 1.165) is 24.2 Å². The zero-order valence-electron chi connectivity index (χ0n) is 7.76. The molecule has 1 radical (unpaired) electrons. The molecule has 0 N–H and O–H groups in total. The van der Waals surface area contributed by atoms with Crippen LogP contribution in [-0.2, 0) is 0 Å². The molecule has 0 aliphatic carbocycles. The van der Waals surface area contributed by atoms with Gasteiger partial charge in [0.05, 0.1) is 0 Å². The second-order valence-corrected chi connectivity index (χ2v) is 3.45. The van der Waals surface area contributed by atoms with Crippen molar-refractivity contribution in [2.24, 2.45) is 0 Å². The predicted octanol–water partition coefficient (Wildman–Crippen LogP) is 2.69. The van der Waals surface area contributed by atoms with E-state index in [-0.39, 0.29) is 0 Å². The Balaban J connectivity index is 2.29. The summed E-state index contributed by atoms with van der Waals surface area (Å²) in [6.45, 7) is 2.81. The summed E-state index contributed by atoms with van der Waals surface area (Å²) in [7, 11) is 0. The van der Waals surface area contributed by atoms with Gasteiger partial charge in [0.25, 0.3) is 0 Å². The number of hydrogen-bond acceptors (Lipinski definition) is 1. The summed E-state index contributed by atoms with van der Waals surface area (Å²) < 4.78 is 13.4. The second kappa shape index (κ2) is 3.36. The topological polar surface area (TPSA) is 3.24 Å². The van der Waals surface area contributed by atoms with Crippen molar-refractivity contribution in [3.8, 4) is 0 Å². The summed E-state index contributed by atoms with van der Waals surface area (Å²) >= 11 is 0. The maximum atomic E-state index is 13.4. The molecule has 2 rings (SSSR count). The van der Waals surface area contributed by atoms with Crippen LogP contribution in [0.2, 0.25) is 0 Å². The molecular weight excluding hydrogens is 165 g/mol. The summed E-state index contributed by atoms with van der Waals surface area (Å²) in [5.41, 5.74) is 2.03. The first-order chi connectivity index (χ1) is 6.29. The lowest BCUT2D eigenvalue weighted by Crippen LogP contribution is -2.25. The van der Waals surface area contributed by atoms with Crippen molar-refractivity contribution in [2.75, 3.05) is 11.4 Å². The third-order valence-corrected chi connectivity index (χ3v) is 2.52. The minimum atomic E-state index is -0.797. The molecule has 1 fully saturated rings. The van der Waals surface area contributed by atoms with E-state index in [1.54, 1.807) is 0 Å². The van der Waals surface area contributed by atoms with Gasteiger partial charge in [-0.15, -0.1) is 0 Å². The first kappa shape index (κ1) is 8.54. The molecule has 0 amide bonds. The molecule has 1 aliphatic rings. The fourth-order valence-corrected chi connectivity index (χ4v) is 1.82. The number of rotatable bonds is 1. The monoisotopic (exact) mass is 178 g/mol. The molecule has 0 bridgehead atoms. The molecule has 1 unspecified atom stereocenters. The van der Waals surface area contributed by atoms with Gasteiger partial charge < -0.3 is 4.90 Å². The van der Waals surface area contributed by atoms with Crippen molar-refractivity contribution in [2.45, 2.75) is 26.1 Å². The van der Waals surface area contributed by atoms with Crippen LogP contribution in [0.15, 0.2) is 18.2 Å². The number of halogens is 1. The van der Waals surface area contributed by atoms with Gasteiger partial charge in [0.1, 0.15) is 0 Å². The number of nitrogens with zero attached hydrogens (tertiary/aromatic N) is 1. The van der Waals surface area contributed by atoms with Crippen LogP contribution in [0.3, 0.4) is 0 Å². The molecule has 0 spiro atoms. The standard InChI is InChI=1S/C11H13FN/c1-9-5-2-3-6-10(9)13-8-4-7-11(13)12/h2-3,6,11H,4,7-8H2,1H3. The molecule has 69 valence electrons. The van der Waals surface area contributed by atoms with Crippen molar-refractivity contribution in [1.82, 2.24) is 0 Å². The van der Waals surface area contributed by atoms with Gasteiger partial charge in [-0.3, -0.25) is 0 Å². The molecule has 0 saturated carbocycles. The minimum absolute atomic E-state index is 0.661. The molecule has 1 saturated heterocycles. The van der Waals surface area contributed by atoms with Crippen molar-refractivity contribution in [1.29, 1.82) is 0 Å². The summed E-state index contributed by atoms with van der Waals surface area (Å²) in [6.07, 6.45) is 0.818. The van der Waals surface area contributed by atoms with Crippen LogP contribution in [0.1, 0.15) is 18.4 Å². The van der Waals surface area contributed by atoms with Gasteiger partial charge in [0.15, 0.2) is 6.30 Å². The van der Waals surface area contributed by atoms with Crippen LogP contribution in [0.4, 0.5) is 10.1 Å². The average molecular weight is 178 g/mol. The second-order valence-electron chi connectivity index (χ2n) is 3.45. The number of benzene rings is 1. The van der Waals surface area contributed by atoms with Crippen LogP contribution >= 0.6 is 0 Å². The Bertz CT molecular complexity index is 298. The summed E-state index contributed by atoms with van der Waals surface area (Å²) in [5.74, 6) is 0. The van der Waals surface area contributed by atoms with E-state index in [1.807, 2.05) is 30.0 Å². The Kier molecular flexibility index (Phi) is 2.21. The van der Waals surface area contributed by atoms with Gasteiger partial charge >= 0.3 is 0 Å². The Morgan fingerprint density at radius 3 is 3.08 bits per heavy atom. The molecule has 1 aliphatic heterocycles. The van der Waals surface area contributed by atoms with E-state index in [1.165, 1.54) is 0 Å². The highest BCUT2D eigenvalue weighted by Gasteiger charge is 2.24. The molecular formula is C11H13FN. The van der Waals surface area contributed by atoms with E-state index in [4.69, 9.17) is 0 Å². The first-order valence-electron chi connectivity index (χ1n) is 4.67. The van der Waals surface area contributed by atoms with Gasteiger partial charge in [0.2, 0.25) is 0 Å². The number of anilines is 1. The lowest BCUT2D eigenvalue weighted by Gasteiger charge is -2.22. The fourth-order valence-electron chi connectivity index (χ4n) is 1.82. The Labute approximate surface area is 78.2 Å². The summed E-state index contributed by atoms with van der Waals surface area (Å²) in [6, 6.07) is 8.82. The van der Waals surface area contributed by atoms with Crippen LogP contribution in [0, 0.1) is 13.0 Å². The predicted molar refractivity (Wildman–Crippen MR) is 51.5 cm³/mol.